The molecule has 0 atom stereocenters. The van der Waals surface area contributed by atoms with Gasteiger partial charge in [0.1, 0.15) is 0 Å². The van der Waals surface area contributed by atoms with E-state index < -0.39 is 0 Å². The maximum absolute atomic E-state index is 6.22. The van der Waals surface area contributed by atoms with Crippen molar-refractivity contribution in [3.05, 3.63) is 119 Å². The number of hydrogen-bond donors (Lipinski definition) is 0. The molecule has 1 aliphatic carbocycles. The lowest BCUT2D eigenvalue weighted by atomic mass is 9.74. The van der Waals surface area contributed by atoms with Crippen molar-refractivity contribution >= 4 is 11.6 Å². The van der Waals surface area contributed by atoms with Crippen LogP contribution in [0.2, 0.25) is 5.02 Å². The first-order valence-electron chi connectivity index (χ1n) is 9.24. The van der Waals surface area contributed by atoms with E-state index in [0.717, 1.165) is 10.6 Å². The van der Waals surface area contributed by atoms with Gasteiger partial charge in [-0.3, -0.25) is 0 Å². The normalized spacial score (nSPS) is 13.9. The van der Waals surface area contributed by atoms with Crippen molar-refractivity contribution in [1.82, 2.24) is 0 Å². The summed E-state index contributed by atoms with van der Waals surface area (Å²) < 4.78 is 0. The van der Waals surface area contributed by atoms with Gasteiger partial charge in [0.25, 0.3) is 0 Å². The fraction of sp³-hybridized carbons (Fsp3) is 0.0769. The van der Waals surface area contributed by atoms with E-state index in [1.165, 1.54) is 33.4 Å². The molecule has 4 aromatic carbocycles. The standard InChI is InChI=1S/C26H19Cl/c1-26(20-10-6-8-18(16-20)19-9-7-11-21(27)17-19)24-14-4-2-12-22(24)23-13-3-5-15-25(23)26/h2-17H,1H3. The van der Waals surface area contributed by atoms with Gasteiger partial charge in [-0.05, 0) is 64.1 Å². The first-order chi connectivity index (χ1) is 13.2. The van der Waals surface area contributed by atoms with Crippen LogP contribution in [0, 0.1) is 0 Å². The molecule has 0 aromatic heterocycles. The van der Waals surface area contributed by atoms with Crippen molar-refractivity contribution in [1.29, 1.82) is 0 Å². The van der Waals surface area contributed by atoms with Crippen LogP contribution < -0.4 is 0 Å². The van der Waals surface area contributed by atoms with E-state index in [4.69, 9.17) is 11.6 Å². The molecule has 0 nitrogen and oxygen atoms in total. The molecule has 0 bridgehead atoms. The maximum Gasteiger partial charge on any atom is 0.0435 e. The molecule has 0 N–H and O–H groups in total. The summed E-state index contributed by atoms with van der Waals surface area (Å²) in [6.07, 6.45) is 0. The minimum atomic E-state index is -0.165. The molecule has 0 spiro atoms. The van der Waals surface area contributed by atoms with Gasteiger partial charge in [-0.1, -0.05) is 90.5 Å². The molecule has 0 aliphatic heterocycles. The van der Waals surface area contributed by atoms with E-state index in [0.29, 0.717) is 0 Å². The molecule has 0 saturated carbocycles. The van der Waals surface area contributed by atoms with Crippen LogP contribution in [0.4, 0.5) is 0 Å². The van der Waals surface area contributed by atoms with E-state index in [9.17, 15) is 0 Å². The molecule has 5 rings (SSSR count). The minimum absolute atomic E-state index is 0.165. The Morgan fingerprint density at radius 1 is 0.593 bits per heavy atom. The second-order valence-corrected chi connectivity index (χ2v) is 7.74. The molecule has 1 aliphatic rings. The SMILES string of the molecule is CC1(c2cccc(-c3cccc(Cl)c3)c2)c2ccccc2-c2ccccc21. The molecule has 0 heterocycles. The Morgan fingerprint density at radius 2 is 1.15 bits per heavy atom. The van der Waals surface area contributed by atoms with Crippen LogP contribution in [0.1, 0.15) is 23.6 Å². The smallest absolute Gasteiger partial charge is 0.0435 e. The second kappa shape index (κ2) is 6.11. The lowest BCUT2D eigenvalue weighted by Crippen LogP contribution is -2.22. The van der Waals surface area contributed by atoms with Crippen LogP contribution in [0.15, 0.2) is 97.1 Å². The zero-order valence-electron chi connectivity index (χ0n) is 15.1. The monoisotopic (exact) mass is 366 g/mol. The summed E-state index contributed by atoms with van der Waals surface area (Å²) in [6, 6.07) is 34.5. The van der Waals surface area contributed by atoms with Gasteiger partial charge in [-0.15, -0.1) is 0 Å². The van der Waals surface area contributed by atoms with Crippen molar-refractivity contribution in [3.63, 3.8) is 0 Å². The highest BCUT2D eigenvalue weighted by Crippen LogP contribution is 2.52. The van der Waals surface area contributed by atoms with Gasteiger partial charge in [0.05, 0.1) is 0 Å². The Labute approximate surface area is 165 Å². The van der Waals surface area contributed by atoms with Gasteiger partial charge in [-0.2, -0.15) is 0 Å². The first-order valence-corrected chi connectivity index (χ1v) is 9.61. The van der Waals surface area contributed by atoms with Crippen LogP contribution in [-0.2, 0) is 5.41 Å². The van der Waals surface area contributed by atoms with Crippen LogP contribution in [0.5, 0.6) is 0 Å². The van der Waals surface area contributed by atoms with Gasteiger partial charge >= 0.3 is 0 Å². The fourth-order valence-electron chi connectivity index (χ4n) is 4.44. The fourth-order valence-corrected chi connectivity index (χ4v) is 4.63. The van der Waals surface area contributed by atoms with Crippen LogP contribution in [0.3, 0.4) is 0 Å². The summed E-state index contributed by atoms with van der Waals surface area (Å²) in [5.74, 6) is 0. The van der Waals surface area contributed by atoms with Gasteiger partial charge in [0.15, 0.2) is 0 Å². The predicted octanol–water partition coefficient (Wildman–Crippen LogP) is 7.34. The van der Waals surface area contributed by atoms with Crippen LogP contribution in [-0.4, -0.2) is 0 Å². The summed E-state index contributed by atoms with van der Waals surface area (Å²) in [5.41, 5.74) is 8.89. The average Bonchev–Trinajstić information content (AvgIpc) is 2.99. The van der Waals surface area contributed by atoms with E-state index in [1.807, 2.05) is 18.2 Å². The number of halogens is 1. The van der Waals surface area contributed by atoms with Gasteiger partial charge in [-0.25, -0.2) is 0 Å². The lowest BCUT2D eigenvalue weighted by molar-refractivity contribution is 0.714. The van der Waals surface area contributed by atoms with Crippen molar-refractivity contribution in [2.24, 2.45) is 0 Å². The van der Waals surface area contributed by atoms with Crippen molar-refractivity contribution in [2.45, 2.75) is 12.3 Å². The average molecular weight is 367 g/mol. The lowest BCUT2D eigenvalue weighted by Gasteiger charge is -2.28. The van der Waals surface area contributed by atoms with Crippen molar-refractivity contribution in [3.8, 4) is 22.3 Å². The quantitative estimate of drug-likeness (QED) is 0.348. The van der Waals surface area contributed by atoms with E-state index in [1.54, 1.807) is 0 Å². The van der Waals surface area contributed by atoms with Gasteiger partial charge < -0.3 is 0 Å². The highest BCUT2D eigenvalue weighted by Gasteiger charge is 2.40. The number of benzene rings is 4. The van der Waals surface area contributed by atoms with E-state index >= 15 is 0 Å². The molecule has 0 amide bonds. The Bertz CT molecular complexity index is 1110. The molecule has 27 heavy (non-hydrogen) atoms. The number of hydrogen-bond acceptors (Lipinski definition) is 0. The van der Waals surface area contributed by atoms with E-state index in [-0.39, 0.29) is 5.41 Å². The molecular formula is C26H19Cl. The largest absolute Gasteiger partial charge is 0.0843 e. The topological polar surface area (TPSA) is 0 Å². The summed E-state index contributed by atoms with van der Waals surface area (Å²) >= 11 is 6.22. The maximum atomic E-state index is 6.22. The summed E-state index contributed by atoms with van der Waals surface area (Å²) in [7, 11) is 0. The number of rotatable bonds is 2. The zero-order valence-corrected chi connectivity index (χ0v) is 15.9. The Kier molecular flexibility index (Phi) is 3.70. The highest BCUT2D eigenvalue weighted by atomic mass is 35.5. The third-order valence-electron chi connectivity index (χ3n) is 5.82. The Hall–Kier alpha value is -2.83. The third kappa shape index (κ3) is 2.44. The Morgan fingerprint density at radius 3 is 1.78 bits per heavy atom. The predicted molar refractivity (Wildman–Crippen MR) is 114 cm³/mol. The van der Waals surface area contributed by atoms with Crippen molar-refractivity contribution in [2.75, 3.05) is 0 Å². The molecular weight excluding hydrogens is 348 g/mol. The molecule has 0 radical (unpaired) electrons. The highest BCUT2D eigenvalue weighted by molar-refractivity contribution is 6.30. The minimum Gasteiger partial charge on any atom is -0.0843 e. The summed E-state index contributed by atoms with van der Waals surface area (Å²) in [5, 5.41) is 0.765. The number of fused-ring (bicyclic) bond motifs is 3. The Balaban J connectivity index is 1.74. The molecule has 130 valence electrons. The first kappa shape index (κ1) is 16.4. The zero-order chi connectivity index (χ0) is 18.4. The van der Waals surface area contributed by atoms with Crippen molar-refractivity contribution < 1.29 is 0 Å². The summed E-state index contributed by atoms with van der Waals surface area (Å²) in [4.78, 5) is 0. The molecule has 0 fully saturated rings. The molecule has 4 aromatic rings. The molecule has 1 heteroatoms. The summed E-state index contributed by atoms with van der Waals surface area (Å²) in [6.45, 7) is 2.34. The van der Waals surface area contributed by atoms with E-state index in [2.05, 4.69) is 85.8 Å². The van der Waals surface area contributed by atoms with Crippen LogP contribution >= 0.6 is 11.6 Å². The third-order valence-corrected chi connectivity index (χ3v) is 6.05. The van der Waals surface area contributed by atoms with Gasteiger partial charge in [0.2, 0.25) is 0 Å². The molecule has 0 saturated heterocycles. The molecule has 0 unspecified atom stereocenters. The second-order valence-electron chi connectivity index (χ2n) is 7.31. The van der Waals surface area contributed by atoms with Crippen LogP contribution in [0.25, 0.3) is 22.3 Å². The van der Waals surface area contributed by atoms with Gasteiger partial charge in [0, 0.05) is 10.4 Å².